The van der Waals surface area contributed by atoms with Gasteiger partial charge in [0, 0.05) is 12.1 Å². The average Bonchev–Trinajstić information content (AvgIpc) is 2.35. The molecule has 3 nitrogen and oxygen atoms in total. The number of nitrogens with one attached hydrogen (secondary N) is 1. The Morgan fingerprint density at radius 2 is 2.00 bits per heavy atom. The number of benzene rings is 1. The molecular formula is C13H15NO2. The van der Waals surface area contributed by atoms with E-state index in [0.29, 0.717) is 12.1 Å². The predicted octanol–water partition coefficient (Wildman–Crippen LogP) is 1.81. The Bertz CT molecular complexity index is 384. The highest BCUT2D eigenvalue weighted by Crippen LogP contribution is 2.08. The zero-order valence-electron chi connectivity index (χ0n) is 9.27. The Morgan fingerprint density at radius 3 is 2.56 bits per heavy atom. The molecule has 0 aliphatic rings. The Morgan fingerprint density at radius 1 is 1.38 bits per heavy atom. The summed E-state index contributed by atoms with van der Waals surface area (Å²) in [6, 6.07) is 8.81. The van der Waals surface area contributed by atoms with Crippen LogP contribution in [0.5, 0.6) is 0 Å². The molecule has 84 valence electrons. The molecule has 1 N–H and O–H groups in total. The lowest BCUT2D eigenvalue weighted by Crippen LogP contribution is -2.33. The van der Waals surface area contributed by atoms with Gasteiger partial charge in [0.2, 0.25) is 5.91 Å². The first-order chi connectivity index (χ1) is 7.66. The fraction of sp³-hybridized carbons (Fsp3) is 0.231. The number of Topliss-reactive ketones (excluding diaryl/α,β-unsaturated/α-hetero) is 1. The van der Waals surface area contributed by atoms with E-state index in [1.807, 2.05) is 6.07 Å². The summed E-state index contributed by atoms with van der Waals surface area (Å²) in [7, 11) is 0. The van der Waals surface area contributed by atoms with Gasteiger partial charge in [-0.2, -0.15) is 0 Å². The van der Waals surface area contributed by atoms with Crippen molar-refractivity contribution >= 4 is 11.7 Å². The topological polar surface area (TPSA) is 46.2 Å². The van der Waals surface area contributed by atoms with Crippen LogP contribution in [-0.4, -0.2) is 18.2 Å². The summed E-state index contributed by atoms with van der Waals surface area (Å²) in [6.45, 7) is 5.48. The van der Waals surface area contributed by atoms with E-state index in [-0.39, 0.29) is 11.7 Å². The predicted molar refractivity (Wildman–Crippen MR) is 63.1 cm³/mol. The smallest absolute Gasteiger partial charge is 0.230 e. The second-order valence-electron chi connectivity index (χ2n) is 3.49. The van der Waals surface area contributed by atoms with Gasteiger partial charge in [0.15, 0.2) is 5.78 Å². The van der Waals surface area contributed by atoms with Gasteiger partial charge in [-0.05, 0) is 6.92 Å². The third-order valence-corrected chi connectivity index (χ3v) is 2.27. The van der Waals surface area contributed by atoms with Crippen molar-refractivity contribution in [3.05, 3.63) is 48.6 Å². The molecule has 0 aliphatic carbocycles. The van der Waals surface area contributed by atoms with Crippen LogP contribution in [0.3, 0.4) is 0 Å². The van der Waals surface area contributed by atoms with Crippen LogP contribution in [0.25, 0.3) is 0 Å². The Kier molecular flexibility index (Phi) is 4.45. The molecule has 1 aromatic rings. The van der Waals surface area contributed by atoms with Crippen LogP contribution in [0.15, 0.2) is 43.0 Å². The van der Waals surface area contributed by atoms with Gasteiger partial charge in [-0.15, -0.1) is 6.58 Å². The largest absolute Gasteiger partial charge is 0.352 e. The highest BCUT2D eigenvalue weighted by Gasteiger charge is 2.21. The second-order valence-corrected chi connectivity index (χ2v) is 3.49. The van der Waals surface area contributed by atoms with E-state index >= 15 is 0 Å². The highest BCUT2D eigenvalue weighted by atomic mass is 16.2. The maximum atomic E-state index is 11.9. The number of ketones is 1. The number of amides is 1. The number of carbonyl (C=O) groups is 2. The van der Waals surface area contributed by atoms with Crippen LogP contribution in [0.2, 0.25) is 0 Å². The van der Waals surface area contributed by atoms with Crippen molar-refractivity contribution in [2.75, 3.05) is 6.54 Å². The first-order valence-corrected chi connectivity index (χ1v) is 5.14. The third-order valence-electron chi connectivity index (χ3n) is 2.27. The Labute approximate surface area is 95.2 Å². The lowest BCUT2D eigenvalue weighted by atomic mass is 9.99. The van der Waals surface area contributed by atoms with Crippen LogP contribution < -0.4 is 5.32 Å². The molecule has 1 aromatic carbocycles. The molecule has 0 saturated heterocycles. The van der Waals surface area contributed by atoms with E-state index < -0.39 is 5.92 Å². The fourth-order valence-corrected chi connectivity index (χ4v) is 1.30. The number of hydrogen-bond acceptors (Lipinski definition) is 2. The molecular weight excluding hydrogens is 202 g/mol. The lowest BCUT2D eigenvalue weighted by Gasteiger charge is -2.09. The van der Waals surface area contributed by atoms with Gasteiger partial charge in [-0.1, -0.05) is 36.4 Å². The zero-order chi connectivity index (χ0) is 12.0. The summed E-state index contributed by atoms with van der Waals surface area (Å²) < 4.78 is 0. The molecule has 1 amide bonds. The van der Waals surface area contributed by atoms with Crippen LogP contribution >= 0.6 is 0 Å². The summed E-state index contributed by atoms with van der Waals surface area (Å²) in [5.74, 6) is -1.10. The van der Waals surface area contributed by atoms with Crippen molar-refractivity contribution in [1.29, 1.82) is 0 Å². The summed E-state index contributed by atoms with van der Waals surface area (Å²) >= 11 is 0. The first kappa shape index (κ1) is 12.2. The Hall–Kier alpha value is -1.90. The van der Waals surface area contributed by atoms with Gasteiger partial charge in [-0.25, -0.2) is 0 Å². The van der Waals surface area contributed by atoms with Gasteiger partial charge < -0.3 is 5.32 Å². The maximum Gasteiger partial charge on any atom is 0.230 e. The van der Waals surface area contributed by atoms with E-state index in [2.05, 4.69) is 11.9 Å². The molecule has 16 heavy (non-hydrogen) atoms. The molecule has 1 atom stereocenters. The molecule has 0 aliphatic heterocycles. The first-order valence-electron chi connectivity index (χ1n) is 5.14. The normalized spacial score (nSPS) is 11.6. The van der Waals surface area contributed by atoms with Gasteiger partial charge in [0.25, 0.3) is 0 Å². The minimum Gasteiger partial charge on any atom is -0.352 e. The summed E-state index contributed by atoms with van der Waals surface area (Å²) in [5.41, 5.74) is 0.559. The van der Waals surface area contributed by atoms with Gasteiger partial charge in [0.05, 0.1) is 5.92 Å². The molecule has 0 spiro atoms. The van der Waals surface area contributed by atoms with Crippen molar-refractivity contribution < 1.29 is 9.59 Å². The lowest BCUT2D eigenvalue weighted by molar-refractivity contribution is -0.122. The third kappa shape index (κ3) is 3.05. The molecule has 3 heteroatoms. The number of rotatable bonds is 5. The van der Waals surface area contributed by atoms with E-state index in [0.717, 1.165) is 0 Å². The summed E-state index contributed by atoms with van der Waals surface area (Å²) in [5, 5.41) is 2.60. The van der Waals surface area contributed by atoms with Crippen LogP contribution in [0.4, 0.5) is 0 Å². The van der Waals surface area contributed by atoms with Crippen molar-refractivity contribution in [3.63, 3.8) is 0 Å². The molecule has 0 radical (unpaired) electrons. The SMILES string of the molecule is C=CCNC(=O)[C@H](C)C(=O)c1ccccc1. The van der Waals surface area contributed by atoms with Gasteiger partial charge >= 0.3 is 0 Å². The van der Waals surface area contributed by atoms with Crippen LogP contribution in [0.1, 0.15) is 17.3 Å². The van der Waals surface area contributed by atoms with E-state index in [4.69, 9.17) is 0 Å². The minimum atomic E-state index is -0.664. The number of carbonyl (C=O) groups excluding carboxylic acids is 2. The maximum absolute atomic E-state index is 11.9. The molecule has 0 saturated carbocycles. The number of hydrogen-bond donors (Lipinski definition) is 1. The molecule has 0 aromatic heterocycles. The monoisotopic (exact) mass is 217 g/mol. The molecule has 0 unspecified atom stereocenters. The second kappa shape index (κ2) is 5.85. The summed E-state index contributed by atoms with van der Waals surface area (Å²) in [6.07, 6.45) is 1.58. The molecule has 0 bridgehead atoms. The fourth-order valence-electron chi connectivity index (χ4n) is 1.30. The van der Waals surface area contributed by atoms with Crippen molar-refractivity contribution in [3.8, 4) is 0 Å². The van der Waals surface area contributed by atoms with E-state index in [1.165, 1.54) is 0 Å². The average molecular weight is 217 g/mol. The molecule has 1 rings (SSSR count). The van der Waals surface area contributed by atoms with E-state index in [1.54, 1.807) is 37.3 Å². The quantitative estimate of drug-likeness (QED) is 0.464. The Balaban J connectivity index is 2.67. The van der Waals surface area contributed by atoms with E-state index in [9.17, 15) is 9.59 Å². The standard InChI is InChI=1S/C13H15NO2/c1-3-9-14-13(16)10(2)12(15)11-7-5-4-6-8-11/h3-8,10H,1,9H2,2H3,(H,14,16)/t10-/m1/s1. The van der Waals surface area contributed by atoms with Crippen LogP contribution in [-0.2, 0) is 4.79 Å². The molecule has 0 heterocycles. The highest BCUT2D eigenvalue weighted by molar-refractivity contribution is 6.09. The van der Waals surface area contributed by atoms with Crippen molar-refractivity contribution in [2.45, 2.75) is 6.92 Å². The zero-order valence-corrected chi connectivity index (χ0v) is 9.27. The van der Waals surface area contributed by atoms with Crippen molar-refractivity contribution in [1.82, 2.24) is 5.32 Å². The molecule has 0 fully saturated rings. The van der Waals surface area contributed by atoms with Crippen LogP contribution in [0, 0.1) is 5.92 Å². The minimum absolute atomic E-state index is 0.165. The van der Waals surface area contributed by atoms with Gasteiger partial charge in [-0.3, -0.25) is 9.59 Å². The summed E-state index contributed by atoms with van der Waals surface area (Å²) in [4.78, 5) is 23.4. The van der Waals surface area contributed by atoms with Crippen molar-refractivity contribution in [2.24, 2.45) is 5.92 Å². The van der Waals surface area contributed by atoms with Gasteiger partial charge in [0.1, 0.15) is 0 Å².